The summed E-state index contributed by atoms with van der Waals surface area (Å²) in [6.07, 6.45) is 3.60. The Labute approximate surface area is 70.3 Å². The van der Waals surface area contributed by atoms with Crippen molar-refractivity contribution in [3.05, 3.63) is 24.3 Å². The van der Waals surface area contributed by atoms with Crippen molar-refractivity contribution in [3.8, 4) is 0 Å². The van der Waals surface area contributed by atoms with Gasteiger partial charge in [0.2, 0.25) is 0 Å². The number of hydrogen-bond acceptors (Lipinski definition) is 3. The fraction of sp³-hybridized carbons (Fsp3) is 0.375. The summed E-state index contributed by atoms with van der Waals surface area (Å²) in [6.45, 7) is 1.64. The van der Waals surface area contributed by atoms with Crippen LogP contribution in [0.5, 0.6) is 0 Å². The third-order valence-electron chi connectivity index (χ3n) is 1.53. The first-order valence-corrected chi connectivity index (χ1v) is 3.69. The molecular weight excluding hydrogens is 156 g/mol. The Kier molecular flexibility index (Phi) is 2.74. The van der Waals surface area contributed by atoms with Crippen LogP contribution in [0.15, 0.2) is 18.5 Å². The molecule has 0 spiro atoms. The Morgan fingerprint density at radius 3 is 2.67 bits per heavy atom. The van der Waals surface area contributed by atoms with Crippen LogP contribution in [-0.2, 0) is 11.2 Å². The van der Waals surface area contributed by atoms with Gasteiger partial charge in [0.15, 0.2) is 0 Å². The van der Waals surface area contributed by atoms with Crippen LogP contribution in [0.4, 0.5) is 0 Å². The molecule has 0 aromatic carbocycles. The minimum absolute atomic E-state index is 0.385. The van der Waals surface area contributed by atoms with Gasteiger partial charge >= 0.3 is 5.97 Å². The second-order valence-electron chi connectivity index (χ2n) is 2.61. The Morgan fingerprint density at radius 1 is 1.58 bits per heavy atom. The number of nitrogens with zero attached hydrogens (tertiary/aromatic N) is 2. The molecule has 0 saturated heterocycles. The minimum atomic E-state index is -0.817. The van der Waals surface area contributed by atoms with Gasteiger partial charge in [0.1, 0.15) is 5.82 Å². The van der Waals surface area contributed by atoms with Gasteiger partial charge < -0.3 is 5.11 Å². The van der Waals surface area contributed by atoms with Crippen LogP contribution in [0.3, 0.4) is 0 Å². The van der Waals surface area contributed by atoms with Crippen molar-refractivity contribution >= 4 is 5.97 Å². The van der Waals surface area contributed by atoms with Gasteiger partial charge in [-0.05, 0) is 6.07 Å². The third-order valence-corrected chi connectivity index (χ3v) is 1.53. The van der Waals surface area contributed by atoms with E-state index in [1.807, 2.05) is 0 Å². The molecule has 0 saturated carbocycles. The third kappa shape index (κ3) is 2.30. The number of carboxylic acids is 1. The zero-order chi connectivity index (χ0) is 8.97. The van der Waals surface area contributed by atoms with Crippen molar-refractivity contribution in [3.63, 3.8) is 0 Å². The Balaban J connectivity index is 2.58. The van der Waals surface area contributed by atoms with Crippen molar-refractivity contribution in [1.29, 1.82) is 0 Å². The van der Waals surface area contributed by atoms with E-state index in [1.54, 1.807) is 25.4 Å². The predicted molar refractivity (Wildman–Crippen MR) is 42.5 cm³/mol. The molecule has 4 heteroatoms. The standard InChI is InChI=1S/C8H10N2O2/c1-6(8(11)12)5-7-9-3-2-4-10-7/h2-4,6H,5H2,1H3,(H,11,12)/t6-/m0/s1. The van der Waals surface area contributed by atoms with E-state index in [-0.39, 0.29) is 0 Å². The summed E-state index contributed by atoms with van der Waals surface area (Å²) >= 11 is 0. The highest BCUT2D eigenvalue weighted by Crippen LogP contribution is 2.02. The van der Waals surface area contributed by atoms with E-state index < -0.39 is 11.9 Å². The van der Waals surface area contributed by atoms with Crippen molar-refractivity contribution < 1.29 is 9.90 Å². The molecule has 12 heavy (non-hydrogen) atoms. The second-order valence-corrected chi connectivity index (χ2v) is 2.61. The van der Waals surface area contributed by atoms with Gasteiger partial charge in [-0.2, -0.15) is 0 Å². The SMILES string of the molecule is C[C@@H](Cc1ncccn1)C(=O)O. The van der Waals surface area contributed by atoms with E-state index in [4.69, 9.17) is 5.11 Å². The van der Waals surface area contributed by atoms with E-state index in [1.165, 1.54) is 0 Å². The van der Waals surface area contributed by atoms with Crippen molar-refractivity contribution in [2.24, 2.45) is 5.92 Å². The molecule has 0 aliphatic rings. The number of hydrogen-bond donors (Lipinski definition) is 1. The first-order chi connectivity index (χ1) is 5.70. The summed E-state index contributed by atoms with van der Waals surface area (Å²) in [4.78, 5) is 18.3. The van der Waals surface area contributed by atoms with E-state index in [2.05, 4.69) is 9.97 Å². The van der Waals surface area contributed by atoms with Gasteiger partial charge in [-0.15, -0.1) is 0 Å². The molecule has 1 rings (SSSR count). The first-order valence-electron chi connectivity index (χ1n) is 3.69. The topological polar surface area (TPSA) is 63.1 Å². The highest BCUT2D eigenvalue weighted by Gasteiger charge is 2.12. The fourth-order valence-corrected chi connectivity index (χ4v) is 0.797. The van der Waals surface area contributed by atoms with Gasteiger partial charge in [0, 0.05) is 18.8 Å². The maximum absolute atomic E-state index is 10.4. The van der Waals surface area contributed by atoms with Gasteiger partial charge in [0.25, 0.3) is 0 Å². The van der Waals surface area contributed by atoms with Crippen LogP contribution < -0.4 is 0 Å². The molecule has 64 valence electrons. The monoisotopic (exact) mass is 166 g/mol. The molecule has 0 fully saturated rings. The Morgan fingerprint density at radius 2 is 2.17 bits per heavy atom. The molecule has 1 N–H and O–H groups in total. The number of carboxylic acid groups (broad SMARTS) is 1. The van der Waals surface area contributed by atoms with E-state index in [9.17, 15) is 4.79 Å². The predicted octanol–water partition coefficient (Wildman–Crippen LogP) is 0.740. The van der Waals surface area contributed by atoms with Crippen LogP contribution in [-0.4, -0.2) is 21.0 Å². The number of rotatable bonds is 3. The summed E-state index contributed by atoms with van der Waals surface area (Å²) < 4.78 is 0. The molecule has 0 aliphatic carbocycles. The van der Waals surface area contributed by atoms with Crippen LogP contribution in [0.1, 0.15) is 12.7 Å². The number of aromatic nitrogens is 2. The van der Waals surface area contributed by atoms with Gasteiger partial charge in [-0.1, -0.05) is 6.92 Å². The lowest BCUT2D eigenvalue weighted by Crippen LogP contribution is -2.13. The summed E-state index contributed by atoms with van der Waals surface area (Å²) in [5, 5.41) is 8.59. The molecule has 4 nitrogen and oxygen atoms in total. The molecule has 0 unspecified atom stereocenters. The first kappa shape index (κ1) is 8.64. The quantitative estimate of drug-likeness (QED) is 0.719. The van der Waals surface area contributed by atoms with Crippen molar-refractivity contribution in [2.75, 3.05) is 0 Å². The van der Waals surface area contributed by atoms with Gasteiger partial charge in [-0.25, -0.2) is 9.97 Å². The van der Waals surface area contributed by atoms with E-state index in [0.29, 0.717) is 12.2 Å². The maximum Gasteiger partial charge on any atom is 0.306 e. The molecule has 1 aromatic heterocycles. The lowest BCUT2D eigenvalue weighted by atomic mass is 10.1. The van der Waals surface area contributed by atoms with Crippen molar-refractivity contribution in [2.45, 2.75) is 13.3 Å². The highest BCUT2D eigenvalue weighted by molar-refractivity contribution is 5.69. The Bertz CT molecular complexity index is 261. The average Bonchev–Trinajstić information content (AvgIpc) is 2.06. The molecule has 0 amide bonds. The van der Waals surface area contributed by atoms with Crippen LogP contribution in [0.2, 0.25) is 0 Å². The van der Waals surface area contributed by atoms with E-state index in [0.717, 1.165) is 0 Å². The average molecular weight is 166 g/mol. The van der Waals surface area contributed by atoms with E-state index >= 15 is 0 Å². The minimum Gasteiger partial charge on any atom is -0.481 e. The lowest BCUT2D eigenvalue weighted by molar-refractivity contribution is -0.141. The number of aliphatic carboxylic acids is 1. The van der Waals surface area contributed by atoms with Crippen LogP contribution in [0, 0.1) is 5.92 Å². The highest BCUT2D eigenvalue weighted by atomic mass is 16.4. The molecule has 0 radical (unpaired) electrons. The van der Waals surface area contributed by atoms with Gasteiger partial charge in [-0.3, -0.25) is 4.79 Å². The smallest absolute Gasteiger partial charge is 0.306 e. The van der Waals surface area contributed by atoms with Crippen LogP contribution >= 0.6 is 0 Å². The summed E-state index contributed by atoms with van der Waals surface area (Å²) in [7, 11) is 0. The summed E-state index contributed by atoms with van der Waals surface area (Å²) in [5.41, 5.74) is 0. The second kappa shape index (κ2) is 3.80. The summed E-state index contributed by atoms with van der Waals surface area (Å²) in [6, 6.07) is 1.70. The van der Waals surface area contributed by atoms with Crippen molar-refractivity contribution in [1.82, 2.24) is 9.97 Å². The van der Waals surface area contributed by atoms with Gasteiger partial charge in [0.05, 0.1) is 5.92 Å². The zero-order valence-electron chi connectivity index (χ0n) is 6.77. The molecular formula is C8H10N2O2. The molecule has 1 aromatic rings. The fourth-order valence-electron chi connectivity index (χ4n) is 0.797. The largest absolute Gasteiger partial charge is 0.481 e. The number of carbonyl (C=O) groups is 1. The molecule has 0 bridgehead atoms. The summed E-state index contributed by atoms with van der Waals surface area (Å²) in [5.74, 6) is -0.665. The zero-order valence-corrected chi connectivity index (χ0v) is 6.77. The molecule has 1 heterocycles. The molecule has 1 atom stereocenters. The maximum atomic E-state index is 10.4. The molecule has 0 aliphatic heterocycles. The van der Waals surface area contributed by atoms with Crippen LogP contribution in [0.25, 0.3) is 0 Å². The normalized spacial score (nSPS) is 12.4. The Hall–Kier alpha value is -1.45. The lowest BCUT2D eigenvalue weighted by Gasteiger charge is -2.02.